The van der Waals surface area contributed by atoms with Gasteiger partial charge in [0.1, 0.15) is 12.5 Å². The van der Waals surface area contributed by atoms with Gasteiger partial charge < -0.3 is 30.1 Å². The zero-order valence-corrected chi connectivity index (χ0v) is 37.7. The van der Waals surface area contributed by atoms with Crippen LogP contribution < -0.4 is 21.3 Å². The van der Waals surface area contributed by atoms with Gasteiger partial charge in [0.05, 0.1) is 18.5 Å². The zero-order valence-electron chi connectivity index (χ0n) is 37.7. The summed E-state index contributed by atoms with van der Waals surface area (Å²) in [6.07, 6.45) is 18.4. The minimum absolute atomic E-state index is 0.0134. The van der Waals surface area contributed by atoms with Gasteiger partial charge in [0, 0.05) is 57.6 Å². The lowest BCUT2D eigenvalue weighted by Crippen LogP contribution is -2.38. The van der Waals surface area contributed by atoms with Crippen LogP contribution in [0.4, 0.5) is 0 Å². The quantitative estimate of drug-likeness (QED) is 0.0760. The van der Waals surface area contributed by atoms with Crippen molar-refractivity contribution in [3.63, 3.8) is 0 Å². The Labute approximate surface area is 352 Å². The van der Waals surface area contributed by atoms with Gasteiger partial charge in [-0.25, -0.2) is 0 Å². The van der Waals surface area contributed by atoms with Gasteiger partial charge in [-0.2, -0.15) is 0 Å². The Hall–Kier alpha value is -4.53. The summed E-state index contributed by atoms with van der Waals surface area (Å²) in [5.74, 6) is -0.548. The molecule has 0 radical (unpaired) electrons. The number of esters is 2. The van der Waals surface area contributed by atoms with E-state index >= 15 is 0 Å². The van der Waals surface area contributed by atoms with E-state index in [-0.39, 0.29) is 42.5 Å². The number of allylic oxidation sites excluding steroid dienone is 4. The van der Waals surface area contributed by atoms with Gasteiger partial charge in [-0.15, -0.1) is 0 Å². The molecule has 320 valence electrons. The molecule has 9 nitrogen and oxygen atoms in total. The number of hydrogen-bond acceptors (Lipinski definition) is 7. The first-order chi connectivity index (χ1) is 28.2. The van der Waals surface area contributed by atoms with Crippen LogP contribution in [-0.2, 0) is 25.5 Å². The topological polar surface area (TPSA) is 125 Å². The molecule has 2 aromatic rings. The van der Waals surface area contributed by atoms with Crippen molar-refractivity contribution in [1.29, 1.82) is 0 Å². The maximum atomic E-state index is 14.4. The van der Waals surface area contributed by atoms with Crippen LogP contribution in [0.2, 0.25) is 0 Å². The van der Waals surface area contributed by atoms with Gasteiger partial charge in [0.15, 0.2) is 5.78 Å². The number of hydrogen-bond donors (Lipinski definition) is 4. The van der Waals surface area contributed by atoms with Gasteiger partial charge in [-0.3, -0.25) is 14.4 Å². The van der Waals surface area contributed by atoms with Gasteiger partial charge in [0.25, 0.3) is 0 Å². The molecule has 5 heterocycles. The summed E-state index contributed by atoms with van der Waals surface area (Å²) in [6, 6.07) is -0.406. The largest absolute Gasteiger partial charge is 0.468 e. The number of ether oxygens (including phenoxy) is 2. The highest BCUT2D eigenvalue weighted by molar-refractivity contribution is 6.19. The van der Waals surface area contributed by atoms with E-state index in [1.807, 2.05) is 13.0 Å². The van der Waals surface area contributed by atoms with Crippen molar-refractivity contribution in [1.82, 2.24) is 20.6 Å². The second kappa shape index (κ2) is 18.8. The Morgan fingerprint density at radius 1 is 0.915 bits per heavy atom. The van der Waals surface area contributed by atoms with Crippen LogP contribution in [0.3, 0.4) is 0 Å². The van der Waals surface area contributed by atoms with E-state index in [4.69, 9.17) is 9.47 Å². The summed E-state index contributed by atoms with van der Waals surface area (Å²) in [5.41, 5.74) is 12.3. The van der Waals surface area contributed by atoms with E-state index in [0.29, 0.717) is 22.9 Å². The lowest BCUT2D eigenvalue weighted by Gasteiger charge is -2.25. The Balaban J connectivity index is 1.31. The first kappa shape index (κ1) is 44.0. The van der Waals surface area contributed by atoms with Crippen LogP contribution in [0.1, 0.15) is 152 Å². The molecule has 2 unspecified atom stereocenters. The number of H-pyrrole nitrogens is 2. The molecule has 2 aromatic heterocycles. The van der Waals surface area contributed by atoms with E-state index in [1.54, 1.807) is 0 Å². The standard InChI is InChI=1S/C50H70N4O5/c1-12-34-30(7)37-24-39-32(9)36(20-21-43(55)59-23-22-29(6)19-15-18-28(5)17-14-16-27(3)4)47(53-39)45-46(50(57)58-11)49(56)44-33(10)40(54-48(44)45)26-42-35(13-2)31(8)38(52-42)25-41(34)51-37/h22,24-28,32,34,36,46-47,51-54H,12-21,23H2,1-11H3/b29-22+,39-24-,40-26-,41-25-/t28-,32+,34?,36+,46-,47?/m1/s1. The molecule has 0 amide bonds. The molecule has 1 saturated heterocycles. The predicted octanol–water partition coefficient (Wildman–Crippen LogP) is 8.76. The summed E-state index contributed by atoms with van der Waals surface area (Å²) in [4.78, 5) is 48.7. The molecule has 59 heavy (non-hydrogen) atoms. The molecule has 4 aliphatic rings. The van der Waals surface area contributed by atoms with Crippen molar-refractivity contribution in [2.75, 3.05) is 13.7 Å². The Morgan fingerprint density at radius 3 is 2.36 bits per heavy atom. The van der Waals surface area contributed by atoms with E-state index < -0.39 is 17.9 Å². The van der Waals surface area contributed by atoms with Crippen LogP contribution in [0, 0.1) is 49.4 Å². The number of ketones is 1. The molecule has 6 atom stereocenters. The minimum atomic E-state index is -1.09. The second-order valence-electron chi connectivity index (χ2n) is 18.3. The fourth-order valence-electron chi connectivity index (χ4n) is 10.2. The highest BCUT2D eigenvalue weighted by Gasteiger charge is 2.49. The van der Waals surface area contributed by atoms with Crippen molar-refractivity contribution in [2.24, 2.45) is 35.5 Å². The molecule has 1 aliphatic carbocycles. The van der Waals surface area contributed by atoms with Crippen molar-refractivity contribution in [3.05, 3.63) is 84.7 Å². The molecule has 3 aliphatic heterocycles. The fourth-order valence-corrected chi connectivity index (χ4v) is 10.2. The average Bonchev–Trinajstić information content (AvgIpc) is 3.94. The number of fused-ring (bicyclic) bond motifs is 8. The molecular weight excluding hydrogens is 737 g/mol. The molecule has 8 bridgehead atoms. The third kappa shape index (κ3) is 9.14. The normalized spacial score (nSPS) is 25.3. The Bertz CT molecular complexity index is 2190. The summed E-state index contributed by atoms with van der Waals surface area (Å²) >= 11 is 0. The summed E-state index contributed by atoms with van der Waals surface area (Å²) in [5, 5.41) is 9.10. The second-order valence-corrected chi connectivity index (χ2v) is 18.3. The zero-order chi connectivity index (χ0) is 42.7. The summed E-state index contributed by atoms with van der Waals surface area (Å²) in [7, 11) is 1.34. The third-order valence-corrected chi connectivity index (χ3v) is 13.9. The number of aromatic nitrogens is 2. The lowest BCUT2D eigenvalue weighted by molar-refractivity contribution is -0.143. The van der Waals surface area contributed by atoms with Gasteiger partial charge >= 0.3 is 11.9 Å². The average molecular weight is 807 g/mol. The van der Waals surface area contributed by atoms with Crippen molar-refractivity contribution >= 4 is 35.4 Å². The molecule has 4 N–H and O–H groups in total. The summed E-state index contributed by atoms with van der Waals surface area (Å²) < 4.78 is 11.1. The van der Waals surface area contributed by atoms with Crippen molar-refractivity contribution < 1.29 is 23.9 Å². The van der Waals surface area contributed by atoms with Gasteiger partial charge in [0.2, 0.25) is 0 Å². The number of methoxy groups -OCH3 is 1. The molecular formula is C50H70N4O5. The van der Waals surface area contributed by atoms with Gasteiger partial charge in [-0.1, -0.05) is 72.8 Å². The molecule has 6 rings (SSSR count). The number of aromatic amines is 2. The smallest absolute Gasteiger partial charge is 0.320 e. The number of nitrogens with one attached hydrogen (secondary N) is 4. The summed E-state index contributed by atoms with van der Waals surface area (Å²) in [6.45, 7) is 22.2. The van der Waals surface area contributed by atoms with Crippen molar-refractivity contribution in [2.45, 2.75) is 139 Å². The van der Waals surface area contributed by atoms with E-state index in [9.17, 15) is 14.4 Å². The number of Topliss-reactive ketones (excluding diaryl/α,β-unsaturated/α-hetero) is 1. The van der Waals surface area contributed by atoms with Crippen molar-refractivity contribution in [3.8, 4) is 0 Å². The predicted molar refractivity (Wildman–Crippen MR) is 237 cm³/mol. The van der Waals surface area contributed by atoms with Gasteiger partial charge in [-0.05, 0) is 130 Å². The van der Waals surface area contributed by atoms with E-state index in [2.05, 4.69) is 101 Å². The minimum Gasteiger partial charge on any atom is -0.468 e. The molecule has 0 spiro atoms. The van der Waals surface area contributed by atoms with Crippen LogP contribution >= 0.6 is 0 Å². The highest BCUT2D eigenvalue weighted by Crippen LogP contribution is 2.43. The highest BCUT2D eigenvalue weighted by atomic mass is 16.5. The lowest BCUT2D eigenvalue weighted by atomic mass is 9.80. The molecule has 0 saturated carbocycles. The van der Waals surface area contributed by atoms with Crippen LogP contribution in [0.15, 0.2) is 40.4 Å². The number of carbonyl (C=O) groups excluding carboxylic acids is 3. The van der Waals surface area contributed by atoms with E-state index in [1.165, 1.54) is 55.1 Å². The maximum absolute atomic E-state index is 14.4. The first-order valence-corrected chi connectivity index (χ1v) is 22.4. The van der Waals surface area contributed by atoms with Crippen LogP contribution in [0.25, 0.3) is 17.7 Å². The molecule has 1 fully saturated rings. The Morgan fingerprint density at radius 2 is 1.66 bits per heavy atom. The maximum Gasteiger partial charge on any atom is 0.320 e. The monoisotopic (exact) mass is 807 g/mol. The Kier molecular flexibility index (Phi) is 14.0. The molecule has 9 heteroatoms. The SMILES string of the molecule is CCc1c2[nH]c(c1C)/C=C1\NC(=C(C)C1CC)/C=C1\NC(C3=c4[nH]/c(c(C)c4C(=O)[C@@H]3C(=O)OC)=C\2)[C@@H](CCC(=O)OC/C=C(\C)CCC[C@H](C)CCCC(C)C)[C@@H]1C. The van der Waals surface area contributed by atoms with Crippen LogP contribution in [0.5, 0.6) is 0 Å². The number of carbonyl (C=O) groups is 3. The fraction of sp³-hybridized carbons (Fsp3) is 0.580. The number of rotatable bonds is 16. The van der Waals surface area contributed by atoms with E-state index in [0.717, 1.165) is 76.9 Å². The first-order valence-electron chi connectivity index (χ1n) is 22.4. The third-order valence-electron chi connectivity index (χ3n) is 13.9. The molecule has 0 aromatic carbocycles. The van der Waals surface area contributed by atoms with Crippen LogP contribution in [-0.4, -0.2) is 47.4 Å².